The predicted molar refractivity (Wildman–Crippen MR) is 68.1 cm³/mol. The highest BCUT2D eigenvalue weighted by Gasteiger charge is 2.46. The molecule has 1 saturated heterocycles. The van der Waals surface area contributed by atoms with E-state index >= 15 is 0 Å². The molecular formula is C14H29N. The fourth-order valence-corrected chi connectivity index (χ4v) is 3.68. The average Bonchev–Trinajstić information content (AvgIpc) is 2.22. The molecule has 1 heterocycles. The first-order valence-corrected chi connectivity index (χ1v) is 6.33. The molecule has 90 valence electrons. The van der Waals surface area contributed by atoms with Gasteiger partial charge in [0.15, 0.2) is 0 Å². The molecule has 15 heavy (non-hydrogen) atoms. The summed E-state index contributed by atoms with van der Waals surface area (Å²) in [6, 6.07) is 1.44. The molecule has 0 aromatic rings. The third-order valence-corrected chi connectivity index (χ3v) is 3.69. The number of rotatable bonds is 0. The van der Waals surface area contributed by atoms with Crippen LogP contribution in [0.4, 0.5) is 0 Å². The van der Waals surface area contributed by atoms with E-state index in [1.807, 2.05) is 0 Å². The molecule has 1 heteroatoms. The Bertz CT molecular complexity index is 194. The molecule has 0 aliphatic carbocycles. The molecule has 0 bridgehead atoms. The predicted octanol–water partition coefficient (Wildman–Crippen LogP) is 3.93. The Kier molecular flexibility index (Phi) is 3.27. The quantitative estimate of drug-likeness (QED) is 0.587. The maximum atomic E-state index is 2.73. The number of nitrogens with zero attached hydrogens (tertiary/aromatic N) is 1. The molecule has 1 nitrogen and oxygen atoms in total. The van der Waals surface area contributed by atoms with E-state index in [0.29, 0.717) is 17.0 Å². The van der Waals surface area contributed by atoms with Gasteiger partial charge in [-0.05, 0) is 45.4 Å². The first-order valence-electron chi connectivity index (χ1n) is 6.33. The molecule has 0 spiro atoms. The molecule has 1 aliphatic rings. The summed E-state index contributed by atoms with van der Waals surface area (Å²) in [5.41, 5.74) is 0.680. The summed E-state index contributed by atoms with van der Waals surface area (Å²) in [5, 5.41) is 0. The first kappa shape index (κ1) is 13.0. The highest BCUT2D eigenvalue weighted by atomic mass is 15.3. The standard InChI is InChI=1S/C14H29N/c1-10-9-11(2)15(14(6,7)8)12(10)13(3,4)5/h10-12H,9H2,1-8H3. The van der Waals surface area contributed by atoms with Gasteiger partial charge in [0, 0.05) is 17.6 Å². The van der Waals surface area contributed by atoms with Gasteiger partial charge in [0.1, 0.15) is 0 Å². The maximum Gasteiger partial charge on any atom is 0.0178 e. The molecule has 0 saturated carbocycles. The lowest BCUT2D eigenvalue weighted by molar-refractivity contribution is 0.0192. The SMILES string of the molecule is CC1CC(C)N(C(C)(C)C)C1C(C)(C)C. The van der Waals surface area contributed by atoms with E-state index in [0.717, 1.165) is 12.0 Å². The van der Waals surface area contributed by atoms with E-state index in [-0.39, 0.29) is 0 Å². The van der Waals surface area contributed by atoms with Crippen LogP contribution in [0, 0.1) is 11.3 Å². The Hall–Kier alpha value is -0.0400. The van der Waals surface area contributed by atoms with E-state index in [9.17, 15) is 0 Å². The van der Waals surface area contributed by atoms with Gasteiger partial charge in [-0.15, -0.1) is 0 Å². The van der Waals surface area contributed by atoms with Crippen molar-refractivity contribution in [2.45, 2.75) is 79.4 Å². The van der Waals surface area contributed by atoms with Crippen molar-refractivity contribution in [1.29, 1.82) is 0 Å². The normalized spacial score (nSPS) is 34.8. The van der Waals surface area contributed by atoms with Crippen molar-refractivity contribution in [2.24, 2.45) is 11.3 Å². The van der Waals surface area contributed by atoms with E-state index < -0.39 is 0 Å². The van der Waals surface area contributed by atoms with Crippen LogP contribution < -0.4 is 0 Å². The molecule has 3 atom stereocenters. The summed E-state index contributed by atoms with van der Waals surface area (Å²) in [6.45, 7) is 19.0. The van der Waals surface area contributed by atoms with Gasteiger partial charge in [0.2, 0.25) is 0 Å². The Morgan fingerprint density at radius 1 is 0.933 bits per heavy atom. The molecule has 1 aliphatic heterocycles. The smallest absolute Gasteiger partial charge is 0.0178 e. The van der Waals surface area contributed by atoms with Crippen LogP contribution in [-0.4, -0.2) is 22.5 Å². The van der Waals surface area contributed by atoms with Gasteiger partial charge in [-0.2, -0.15) is 0 Å². The minimum atomic E-state index is 0.294. The summed E-state index contributed by atoms with van der Waals surface area (Å²) in [7, 11) is 0. The van der Waals surface area contributed by atoms with Gasteiger partial charge < -0.3 is 0 Å². The molecule has 0 aromatic heterocycles. The zero-order valence-corrected chi connectivity index (χ0v) is 11.9. The number of hydrogen-bond donors (Lipinski definition) is 0. The Labute approximate surface area is 96.2 Å². The number of likely N-dealkylation sites (tertiary alicyclic amines) is 1. The topological polar surface area (TPSA) is 3.24 Å². The van der Waals surface area contributed by atoms with Gasteiger partial charge in [-0.1, -0.05) is 27.7 Å². The summed E-state index contributed by atoms with van der Waals surface area (Å²) in [6.07, 6.45) is 1.35. The molecular weight excluding hydrogens is 182 g/mol. The lowest BCUT2D eigenvalue weighted by atomic mass is 9.79. The van der Waals surface area contributed by atoms with E-state index in [1.165, 1.54) is 6.42 Å². The molecule has 0 N–H and O–H groups in total. The first-order chi connectivity index (χ1) is 6.55. The zero-order valence-electron chi connectivity index (χ0n) is 11.9. The molecule has 0 aromatic carbocycles. The Morgan fingerprint density at radius 3 is 1.67 bits per heavy atom. The van der Waals surface area contributed by atoms with Crippen LogP contribution in [0.1, 0.15) is 61.8 Å². The fourth-order valence-electron chi connectivity index (χ4n) is 3.68. The van der Waals surface area contributed by atoms with Crippen molar-refractivity contribution < 1.29 is 0 Å². The molecule has 1 fully saturated rings. The van der Waals surface area contributed by atoms with Crippen LogP contribution in [0.25, 0.3) is 0 Å². The second-order valence-corrected chi connectivity index (χ2v) is 7.45. The van der Waals surface area contributed by atoms with Gasteiger partial charge in [0.25, 0.3) is 0 Å². The van der Waals surface area contributed by atoms with Crippen molar-refractivity contribution in [3.05, 3.63) is 0 Å². The van der Waals surface area contributed by atoms with Crippen LogP contribution >= 0.6 is 0 Å². The van der Waals surface area contributed by atoms with Crippen LogP contribution in [0.3, 0.4) is 0 Å². The monoisotopic (exact) mass is 211 g/mol. The second-order valence-electron chi connectivity index (χ2n) is 7.45. The number of hydrogen-bond acceptors (Lipinski definition) is 1. The van der Waals surface area contributed by atoms with Crippen molar-refractivity contribution >= 4 is 0 Å². The van der Waals surface area contributed by atoms with Crippen LogP contribution in [0.5, 0.6) is 0 Å². The van der Waals surface area contributed by atoms with Crippen molar-refractivity contribution in [3.63, 3.8) is 0 Å². The molecule has 3 unspecified atom stereocenters. The Balaban J connectivity index is 3.01. The summed E-state index contributed by atoms with van der Waals surface area (Å²) in [5.74, 6) is 0.819. The highest BCUT2D eigenvalue weighted by molar-refractivity contribution is 5.00. The fraction of sp³-hybridized carbons (Fsp3) is 1.00. The Morgan fingerprint density at radius 2 is 1.40 bits per heavy atom. The minimum absolute atomic E-state index is 0.294. The maximum absolute atomic E-state index is 2.73. The van der Waals surface area contributed by atoms with Gasteiger partial charge in [0.05, 0.1) is 0 Å². The average molecular weight is 211 g/mol. The summed E-state index contributed by atoms with van der Waals surface area (Å²) in [4.78, 5) is 2.73. The molecule has 0 amide bonds. The van der Waals surface area contributed by atoms with Gasteiger partial charge >= 0.3 is 0 Å². The van der Waals surface area contributed by atoms with Crippen molar-refractivity contribution in [1.82, 2.24) is 4.90 Å². The van der Waals surface area contributed by atoms with Crippen LogP contribution in [0.2, 0.25) is 0 Å². The molecule has 1 rings (SSSR count). The van der Waals surface area contributed by atoms with E-state index in [2.05, 4.69) is 60.3 Å². The van der Waals surface area contributed by atoms with Crippen LogP contribution in [-0.2, 0) is 0 Å². The van der Waals surface area contributed by atoms with Crippen LogP contribution in [0.15, 0.2) is 0 Å². The third-order valence-electron chi connectivity index (χ3n) is 3.69. The van der Waals surface area contributed by atoms with E-state index in [1.54, 1.807) is 0 Å². The second kappa shape index (κ2) is 3.76. The van der Waals surface area contributed by atoms with Gasteiger partial charge in [-0.3, -0.25) is 4.90 Å². The minimum Gasteiger partial charge on any atom is -0.292 e. The summed E-state index contributed by atoms with van der Waals surface area (Å²) >= 11 is 0. The third kappa shape index (κ3) is 2.55. The van der Waals surface area contributed by atoms with Crippen molar-refractivity contribution in [3.8, 4) is 0 Å². The highest BCUT2D eigenvalue weighted by Crippen LogP contribution is 2.43. The lowest BCUT2D eigenvalue weighted by Gasteiger charge is -2.46. The van der Waals surface area contributed by atoms with E-state index in [4.69, 9.17) is 0 Å². The zero-order chi connectivity index (χ0) is 12.0. The largest absolute Gasteiger partial charge is 0.292 e. The molecule has 0 radical (unpaired) electrons. The van der Waals surface area contributed by atoms with Crippen molar-refractivity contribution in [2.75, 3.05) is 0 Å². The lowest BCUT2D eigenvalue weighted by Crippen LogP contribution is -2.53. The summed E-state index contributed by atoms with van der Waals surface area (Å²) < 4.78 is 0. The van der Waals surface area contributed by atoms with Gasteiger partial charge in [-0.25, -0.2) is 0 Å².